The molecular weight excluding hydrogens is 307 g/mol. The number of amides is 1. The zero-order valence-corrected chi connectivity index (χ0v) is 14.1. The van der Waals surface area contributed by atoms with E-state index in [9.17, 15) is 9.18 Å². The molecule has 0 spiro atoms. The van der Waals surface area contributed by atoms with Crippen molar-refractivity contribution in [2.75, 3.05) is 13.1 Å². The smallest absolute Gasteiger partial charge is 0.224 e. The lowest BCUT2D eigenvalue weighted by atomic mass is 10.1. The van der Waals surface area contributed by atoms with Crippen LogP contribution in [0.2, 0.25) is 0 Å². The number of nitrogens with zero attached hydrogens (tertiary/aromatic N) is 3. The normalized spacial score (nSPS) is 17.7. The van der Waals surface area contributed by atoms with Crippen LogP contribution in [0.25, 0.3) is 0 Å². The number of likely N-dealkylation sites (tertiary alicyclic amines) is 1. The minimum atomic E-state index is -0.231. The summed E-state index contributed by atoms with van der Waals surface area (Å²) in [4.78, 5) is 14.0. The molecule has 1 aromatic carbocycles. The highest BCUT2D eigenvalue weighted by molar-refractivity contribution is 5.79. The molecule has 128 valence electrons. The lowest BCUT2D eigenvalue weighted by Crippen LogP contribution is -2.33. The Morgan fingerprint density at radius 1 is 1.33 bits per heavy atom. The zero-order valence-electron chi connectivity index (χ0n) is 14.1. The van der Waals surface area contributed by atoms with Gasteiger partial charge in [-0.1, -0.05) is 12.1 Å². The van der Waals surface area contributed by atoms with Gasteiger partial charge < -0.3 is 10.2 Å². The highest BCUT2D eigenvalue weighted by Crippen LogP contribution is 2.14. The van der Waals surface area contributed by atoms with Crippen molar-refractivity contribution < 1.29 is 9.18 Å². The van der Waals surface area contributed by atoms with Crippen molar-refractivity contribution >= 4 is 5.91 Å². The summed E-state index contributed by atoms with van der Waals surface area (Å²) in [6, 6.07) is 6.64. The minimum Gasteiger partial charge on any atom is -0.341 e. The SMILES string of the molecule is Cc1c(CN[C@H]2CC(=O)N(CCc3ccc(F)cc3)C2)cnn1C. The second-order valence-corrected chi connectivity index (χ2v) is 6.38. The average molecular weight is 330 g/mol. The fourth-order valence-electron chi connectivity index (χ4n) is 3.01. The predicted molar refractivity (Wildman–Crippen MR) is 89.9 cm³/mol. The number of carbonyl (C=O) groups is 1. The average Bonchev–Trinajstić information content (AvgIpc) is 3.08. The third-order valence-corrected chi connectivity index (χ3v) is 4.72. The molecule has 0 radical (unpaired) electrons. The molecule has 0 bridgehead atoms. The number of halogens is 1. The van der Waals surface area contributed by atoms with Gasteiger partial charge >= 0.3 is 0 Å². The van der Waals surface area contributed by atoms with Gasteiger partial charge in [-0.05, 0) is 31.0 Å². The molecule has 0 saturated carbocycles. The van der Waals surface area contributed by atoms with Gasteiger partial charge in [-0.25, -0.2) is 4.39 Å². The van der Waals surface area contributed by atoms with Gasteiger partial charge in [0.15, 0.2) is 0 Å². The number of hydrogen-bond acceptors (Lipinski definition) is 3. The number of aromatic nitrogens is 2. The largest absolute Gasteiger partial charge is 0.341 e. The van der Waals surface area contributed by atoms with E-state index in [1.54, 1.807) is 12.1 Å². The van der Waals surface area contributed by atoms with Gasteiger partial charge in [0, 0.05) is 50.4 Å². The molecule has 1 aromatic heterocycles. The van der Waals surface area contributed by atoms with Crippen LogP contribution in [0, 0.1) is 12.7 Å². The van der Waals surface area contributed by atoms with Crippen LogP contribution < -0.4 is 5.32 Å². The van der Waals surface area contributed by atoms with E-state index < -0.39 is 0 Å². The molecule has 0 aliphatic carbocycles. The summed E-state index contributed by atoms with van der Waals surface area (Å²) >= 11 is 0. The number of carbonyl (C=O) groups excluding carboxylic acids is 1. The van der Waals surface area contributed by atoms with Crippen LogP contribution in [0.3, 0.4) is 0 Å². The molecule has 1 aliphatic rings. The lowest BCUT2D eigenvalue weighted by Gasteiger charge is -2.17. The molecule has 1 aliphatic heterocycles. The summed E-state index contributed by atoms with van der Waals surface area (Å²) in [6.45, 7) is 4.16. The molecule has 3 rings (SSSR count). The Morgan fingerprint density at radius 3 is 2.75 bits per heavy atom. The van der Waals surface area contributed by atoms with Gasteiger partial charge in [-0.2, -0.15) is 5.10 Å². The van der Waals surface area contributed by atoms with E-state index in [-0.39, 0.29) is 17.8 Å². The van der Waals surface area contributed by atoms with Crippen LogP contribution in [0.15, 0.2) is 30.5 Å². The molecule has 2 aromatic rings. The summed E-state index contributed by atoms with van der Waals surface area (Å²) in [5, 5.41) is 7.69. The topological polar surface area (TPSA) is 50.2 Å². The highest BCUT2D eigenvalue weighted by atomic mass is 19.1. The molecule has 24 heavy (non-hydrogen) atoms. The van der Waals surface area contributed by atoms with Gasteiger partial charge in [0.05, 0.1) is 6.20 Å². The Balaban J connectivity index is 1.48. The van der Waals surface area contributed by atoms with E-state index in [4.69, 9.17) is 0 Å². The van der Waals surface area contributed by atoms with Crippen LogP contribution in [-0.4, -0.2) is 39.7 Å². The molecule has 1 N–H and O–H groups in total. The Bertz CT molecular complexity index is 710. The van der Waals surface area contributed by atoms with Crippen molar-refractivity contribution in [3.8, 4) is 0 Å². The summed E-state index contributed by atoms with van der Waals surface area (Å²) in [5.74, 6) is -0.0523. The third-order valence-electron chi connectivity index (χ3n) is 4.72. The van der Waals surface area contributed by atoms with Gasteiger partial charge in [-0.15, -0.1) is 0 Å². The summed E-state index contributed by atoms with van der Waals surface area (Å²) in [7, 11) is 1.93. The highest BCUT2D eigenvalue weighted by Gasteiger charge is 2.28. The van der Waals surface area contributed by atoms with E-state index >= 15 is 0 Å². The number of nitrogens with one attached hydrogen (secondary N) is 1. The van der Waals surface area contributed by atoms with E-state index in [0.29, 0.717) is 13.0 Å². The van der Waals surface area contributed by atoms with Crippen LogP contribution in [0.5, 0.6) is 0 Å². The summed E-state index contributed by atoms with van der Waals surface area (Å²) in [5.41, 5.74) is 3.35. The van der Waals surface area contributed by atoms with Crippen LogP contribution >= 0.6 is 0 Å². The van der Waals surface area contributed by atoms with Crippen molar-refractivity contribution in [2.24, 2.45) is 7.05 Å². The third kappa shape index (κ3) is 3.82. The fourth-order valence-corrected chi connectivity index (χ4v) is 3.01. The van der Waals surface area contributed by atoms with Gasteiger partial charge in [0.25, 0.3) is 0 Å². The number of aryl methyl sites for hydroxylation is 1. The fraction of sp³-hybridized carbons (Fsp3) is 0.444. The number of hydrogen-bond donors (Lipinski definition) is 1. The summed E-state index contributed by atoms with van der Waals surface area (Å²) < 4.78 is 14.8. The van der Waals surface area contributed by atoms with E-state index in [1.165, 1.54) is 12.1 Å². The van der Waals surface area contributed by atoms with Gasteiger partial charge in [0.2, 0.25) is 5.91 Å². The monoisotopic (exact) mass is 330 g/mol. The Morgan fingerprint density at radius 2 is 2.08 bits per heavy atom. The molecule has 1 atom stereocenters. The predicted octanol–water partition coefficient (Wildman–Crippen LogP) is 1.80. The van der Waals surface area contributed by atoms with E-state index in [1.807, 2.05) is 29.7 Å². The molecule has 2 heterocycles. The van der Waals surface area contributed by atoms with Gasteiger partial charge in [0.1, 0.15) is 5.82 Å². The van der Waals surface area contributed by atoms with Crippen LogP contribution in [-0.2, 0) is 24.8 Å². The van der Waals surface area contributed by atoms with Crippen molar-refractivity contribution in [3.63, 3.8) is 0 Å². The molecule has 1 amide bonds. The van der Waals surface area contributed by atoms with Crippen molar-refractivity contribution in [2.45, 2.75) is 32.4 Å². The Kier molecular flexibility index (Phi) is 4.94. The molecule has 0 unspecified atom stereocenters. The van der Waals surface area contributed by atoms with E-state index in [2.05, 4.69) is 10.4 Å². The first-order valence-corrected chi connectivity index (χ1v) is 8.26. The van der Waals surface area contributed by atoms with Crippen molar-refractivity contribution in [1.82, 2.24) is 20.0 Å². The standard InChI is InChI=1S/C18H23FN4O/c1-13-15(11-21-22(13)2)10-20-17-9-18(24)23(12-17)8-7-14-3-5-16(19)6-4-14/h3-6,11,17,20H,7-10,12H2,1-2H3/t17-/m0/s1. The maximum absolute atomic E-state index is 12.9. The van der Waals surface area contributed by atoms with Gasteiger partial charge in [-0.3, -0.25) is 9.48 Å². The van der Waals surface area contributed by atoms with Crippen LogP contribution in [0.4, 0.5) is 4.39 Å². The maximum atomic E-state index is 12.9. The second-order valence-electron chi connectivity index (χ2n) is 6.38. The first-order chi connectivity index (χ1) is 11.5. The van der Waals surface area contributed by atoms with Crippen LogP contribution in [0.1, 0.15) is 23.2 Å². The molecule has 1 saturated heterocycles. The number of benzene rings is 1. The first kappa shape index (κ1) is 16.6. The Labute approximate surface area is 141 Å². The molecule has 5 nitrogen and oxygen atoms in total. The van der Waals surface area contributed by atoms with E-state index in [0.717, 1.165) is 36.3 Å². The molecule has 1 fully saturated rings. The zero-order chi connectivity index (χ0) is 17.1. The van der Waals surface area contributed by atoms with Crippen molar-refractivity contribution in [3.05, 3.63) is 53.1 Å². The van der Waals surface area contributed by atoms with Crippen molar-refractivity contribution in [1.29, 1.82) is 0 Å². The molecular formula is C18H23FN4O. The summed E-state index contributed by atoms with van der Waals surface area (Å²) in [6.07, 6.45) is 3.15. The maximum Gasteiger partial charge on any atom is 0.224 e. The minimum absolute atomic E-state index is 0.172. The number of rotatable bonds is 6. The quantitative estimate of drug-likeness (QED) is 0.879. The lowest BCUT2D eigenvalue weighted by molar-refractivity contribution is -0.127. The molecule has 6 heteroatoms. The Hall–Kier alpha value is -2.21. The second kappa shape index (κ2) is 7.13. The first-order valence-electron chi connectivity index (χ1n) is 8.26.